The van der Waals surface area contributed by atoms with Gasteiger partial charge < -0.3 is 4.74 Å². The van der Waals surface area contributed by atoms with Gasteiger partial charge in [-0.05, 0) is 26.2 Å². The van der Waals surface area contributed by atoms with Crippen LogP contribution in [0.25, 0.3) is 0 Å². The number of carbonyl (C=O) groups is 1. The molecule has 2 nitrogen and oxygen atoms in total. The first-order valence-electron chi connectivity index (χ1n) is 4.33. The average molecular weight is 155 g/mol. The van der Waals surface area contributed by atoms with Crippen LogP contribution in [0.15, 0.2) is 0 Å². The Kier molecular flexibility index (Phi) is 3.40. The van der Waals surface area contributed by atoms with E-state index in [-0.39, 0.29) is 11.9 Å². The molecule has 1 rings (SSSR count). The van der Waals surface area contributed by atoms with Crippen molar-refractivity contribution in [3.63, 3.8) is 0 Å². The van der Waals surface area contributed by atoms with Gasteiger partial charge in [0.1, 0.15) is 0 Å². The zero-order valence-corrected chi connectivity index (χ0v) is 7.01. The van der Waals surface area contributed by atoms with Crippen LogP contribution in [0.3, 0.4) is 0 Å². The van der Waals surface area contributed by atoms with Gasteiger partial charge in [0.15, 0.2) is 0 Å². The van der Waals surface area contributed by atoms with Gasteiger partial charge in [-0.1, -0.05) is 12.8 Å². The number of hydrogen-bond donors (Lipinski definition) is 0. The van der Waals surface area contributed by atoms with Gasteiger partial charge in [-0.2, -0.15) is 0 Å². The molecule has 0 bridgehead atoms. The van der Waals surface area contributed by atoms with E-state index in [1.54, 1.807) is 0 Å². The van der Waals surface area contributed by atoms with Gasteiger partial charge in [0.2, 0.25) is 0 Å². The summed E-state index contributed by atoms with van der Waals surface area (Å²) in [5, 5.41) is 0. The number of carbonyl (C=O) groups excluding carboxylic acids is 1. The molecule has 1 unspecified atom stereocenters. The molecule has 1 saturated carbocycles. The van der Waals surface area contributed by atoms with E-state index in [0.717, 1.165) is 25.7 Å². The fourth-order valence-corrected chi connectivity index (χ4v) is 1.42. The topological polar surface area (TPSA) is 26.3 Å². The van der Waals surface area contributed by atoms with Crippen LogP contribution in [0.2, 0.25) is 0 Å². The van der Waals surface area contributed by atoms with E-state index in [4.69, 9.17) is 4.74 Å². The monoisotopic (exact) mass is 155 g/mol. The summed E-state index contributed by atoms with van der Waals surface area (Å²) in [6.07, 6.45) is 6.42. The third kappa shape index (κ3) is 2.52. The second-order valence-corrected chi connectivity index (χ2v) is 2.90. The van der Waals surface area contributed by atoms with Crippen LogP contribution in [-0.4, -0.2) is 12.6 Å². The highest BCUT2D eigenvalue weighted by Crippen LogP contribution is 2.23. The Labute approximate surface area is 67.9 Å². The van der Waals surface area contributed by atoms with Crippen molar-refractivity contribution in [3.8, 4) is 0 Å². The summed E-state index contributed by atoms with van der Waals surface area (Å²) in [4.78, 5) is 11.2. The molecule has 1 atom stereocenters. The molecule has 0 saturated heterocycles. The van der Waals surface area contributed by atoms with Crippen molar-refractivity contribution in [1.29, 1.82) is 0 Å². The molecule has 0 amide bonds. The molecule has 11 heavy (non-hydrogen) atoms. The number of rotatable bonds is 2. The standard InChI is InChI=1S/C9H15O2/c1-2-11-9(10)8-6-4-3-5-7-8/h4,8H,2-3,5-7H2,1H3. The van der Waals surface area contributed by atoms with Crippen LogP contribution < -0.4 is 0 Å². The SMILES string of the molecule is CCOC(=O)C1C[CH]CCC1. The first kappa shape index (κ1) is 8.57. The molecule has 63 valence electrons. The number of ether oxygens (including phenoxy) is 1. The summed E-state index contributed by atoms with van der Waals surface area (Å²) >= 11 is 0. The largest absolute Gasteiger partial charge is 0.466 e. The summed E-state index contributed by atoms with van der Waals surface area (Å²) in [5.74, 6) is 0.146. The van der Waals surface area contributed by atoms with Crippen molar-refractivity contribution in [1.82, 2.24) is 0 Å². The lowest BCUT2D eigenvalue weighted by atomic mass is 9.89. The molecule has 1 fully saturated rings. The lowest BCUT2D eigenvalue weighted by Crippen LogP contribution is -2.20. The van der Waals surface area contributed by atoms with Crippen molar-refractivity contribution in [3.05, 3.63) is 6.42 Å². The summed E-state index contributed by atoms with van der Waals surface area (Å²) in [6, 6.07) is 0. The third-order valence-electron chi connectivity index (χ3n) is 2.03. The molecule has 0 aromatic carbocycles. The first-order valence-corrected chi connectivity index (χ1v) is 4.33. The molecule has 0 N–H and O–H groups in total. The maximum Gasteiger partial charge on any atom is 0.308 e. The van der Waals surface area contributed by atoms with Crippen LogP contribution in [0, 0.1) is 12.3 Å². The first-order chi connectivity index (χ1) is 5.34. The summed E-state index contributed by atoms with van der Waals surface area (Å²) in [6.45, 7) is 2.36. The van der Waals surface area contributed by atoms with Crippen LogP contribution >= 0.6 is 0 Å². The molecule has 1 radical (unpaired) electrons. The Morgan fingerprint density at radius 3 is 3.09 bits per heavy atom. The molecular weight excluding hydrogens is 140 g/mol. The van der Waals surface area contributed by atoms with Gasteiger partial charge in [0, 0.05) is 0 Å². The van der Waals surface area contributed by atoms with Gasteiger partial charge in [0.05, 0.1) is 12.5 Å². The van der Waals surface area contributed by atoms with E-state index in [1.165, 1.54) is 0 Å². The van der Waals surface area contributed by atoms with Crippen LogP contribution in [0.5, 0.6) is 0 Å². The average Bonchev–Trinajstić information content (AvgIpc) is 2.07. The fourth-order valence-electron chi connectivity index (χ4n) is 1.42. The maximum absolute atomic E-state index is 11.2. The highest BCUT2D eigenvalue weighted by molar-refractivity contribution is 5.72. The number of hydrogen-bond acceptors (Lipinski definition) is 2. The van der Waals surface area contributed by atoms with Crippen molar-refractivity contribution in [2.24, 2.45) is 5.92 Å². The van der Waals surface area contributed by atoms with E-state index in [1.807, 2.05) is 6.92 Å². The van der Waals surface area contributed by atoms with E-state index >= 15 is 0 Å². The van der Waals surface area contributed by atoms with Crippen molar-refractivity contribution >= 4 is 5.97 Å². The van der Waals surface area contributed by atoms with Gasteiger partial charge in [-0.25, -0.2) is 0 Å². The quantitative estimate of drug-likeness (QED) is 0.570. The summed E-state index contributed by atoms with van der Waals surface area (Å²) < 4.78 is 4.92. The predicted octanol–water partition coefficient (Wildman–Crippen LogP) is 1.94. The molecule has 0 aromatic heterocycles. The van der Waals surface area contributed by atoms with E-state index < -0.39 is 0 Å². The maximum atomic E-state index is 11.2. The minimum atomic E-state index is -0.0107. The minimum absolute atomic E-state index is 0.0107. The Balaban J connectivity index is 2.27. The Bertz CT molecular complexity index is 126. The zero-order chi connectivity index (χ0) is 8.10. The van der Waals surface area contributed by atoms with Crippen LogP contribution in [0.4, 0.5) is 0 Å². The summed E-state index contributed by atoms with van der Waals surface area (Å²) in [5.41, 5.74) is 0. The van der Waals surface area contributed by atoms with Gasteiger partial charge in [0.25, 0.3) is 0 Å². The molecule has 0 spiro atoms. The highest BCUT2D eigenvalue weighted by Gasteiger charge is 2.21. The molecule has 0 aromatic rings. The Morgan fingerprint density at radius 2 is 2.55 bits per heavy atom. The van der Waals surface area contributed by atoms with Crippen molar-refractivity contribution in [2.75, 3.05) is 6.61 Å². The second-order valence-electron chi connectivity index (χ2n) is 2.90. The number of esters is 1. The van der Waals surface area contributed by atoms with Crippen LogP contribution in [-0.2, 0) is 9.53 Å². The molecule has 0 heterocycles. The molecule has 1 aliphatic carbocycles. The van der Waals surface area contributed by atoms with Gasteiger partial charge in [-0.3, -0.25) is 4.79 Å². The Morgan fingerprint density at radius 1 is 1.73 bits per heavy atom. The van der Waals surface area contributed by atoms with Crippen molar-refractivity contribution < 1.29 is 9.53 Å². The molecule has 1 aliphatic rings. The normalized spacial score (nSPS) is 19.7. The zero-order valence-electron chi connectivity index (χ0n) is 7.01. The lowest BCUT2D eigenvalue weighted by Gasteiger charge is -2.18. The predicted molar refractivity (Wildman–Crippen MR) is 42.9 cm³/mol. The van der Waals surface area contributed by atoms with Crippen molar-refractivity contribution in [2.45, 2.75) is 32.6 Å². The van der Waals surface area contributed by atoms with Gasteiger partial charge >= 0.3 is 5.97 Å². The fraction of sp³-hybridized carbons (Fsp3) is 0.778. The van der Waals surface area contributed by atoms with Crippen LogP contribution in [0.1, 0.15) is 32.6 Å². The second kappa shape index (κ2) is 4.37. The molecule has 0 aliphatic heterocycles. The Hall–Kier alpha value is -0.530. The molecular formula is C9H15O2. The third-order valence-corrected chi connectivity index (χ3v) is 2.03. The van der Waals surface area contributed by atoms with E-state index in [0.29, 0.717) is 6.61 Å². The highest BCUT2D eigenvalue weighted by atomic mass is 16.5. The summed E-state index contributed by atoms with van der Waals surface area (Å²) in [7, 11) is 0. The van der Waals surface area contributed by atoms with E-state index in [9.17, 15) is 4.79 Å². The van der Waals surface area contributed by atoms with Gasteiger partial charge in [-0.15, -0.1) is 0 Å². The minimum Gasteiger partial charge on any atom is -0.466 e. The molecule has 2 heteroatoms. The smallest absolute Gasteiger partial charge is 0.308 e. The lowest BCUT2D eigenvalue weighted by molar-refractivity contribution is -0.148. The van der Waals surface area contributed by atoms with E-state index in [2.05, 4.69) is 6.42 Å².